The second kappa shape index (κ2) is 7.34. The maximum atomic E-state index is 12.0. The number of carbonyl (C=O) groups is 1. The molecule has 1 spiro atoms. The van der Waals surface area contributed by atoms with Gasteiger partial charge in [-0.25, -0.2) is 4.98 Å². The summed E-state index contributed by atoms with van der Waals surface area (Å²) in [6.45, 7) is 9.32. The first-order chi connectivity index (χ1) is 13.2. The third-order valence-corrected chi connectivity index (χ3v) is 6.17. The van der Waals surface area contributed by atoms with E-state index in [4.69, 9.17) is 16.3 Å². The van der Waals surface area contributed by atoms with Gasteiger partial charge in [0.05, 0.1) is 13.2 Å². The Bertz CT molecular complexity index is 785. The van der Waals surface area contributed by atoms with Gasteiger partial charge in [-0.15, -0.1) is 0 Å². The monoisotopic (exact) mass is 403 g/mol. The highest BCUT2D eigenvalue weighted by molar-refractivity contribution is 6.31. The molecule has 0 unspecified atom stereocenters. The molecule has 1 aliphatic heterocycles. The Kier molecular flexibility index (Phi) is 5.17. The van der Waals surface area contributed by atoms with Crippen LogP contribution in [0.4, 0.5) is 0 Å². The zero-order valence-electron chi connectivity index (χ0n) is 17.1. The van der Waals surface area contributed by atoms with Gasteiger partial charge in [0.15, 0.2) is 0 Å². The normalized spacial score (nSPS) is 21.4. The Morgan fingerprint density at radius 2 is 2.11 bits per heavy atom. The molecule has 2 fully saturated rings. The number of likely N-dealkylation sites (tertiary alicyclic amines) is 1. The third kappa shape index (κ3) is 4.36. The van der Waals surface area contributed by atoms with Crippen molar-refractivity contribution in [3.63, 3.8) is 0 Å². The number of aryl methyl sites for hydroxylation is 1. The van der Waals surface area contributed by atoms with E-state index in [0.29, 0.717) is 30.4 Å². The first kappa shape index (κ1) is 19.7. The zero-order valence-corrected chi connectivity index (χ0v) is 17.8. The first-order valence-corrected chi connectivity index (χ1v) is 10.6. The minimum Gasteiger partial charge on any atom is -0.477 e. The van der Waals surface area contributed by atoms with Crippen LogP contribution in [0.2, 0.25) is 0 Å². The van der Waals surface area contributed by atoms with Gasteiger partial charge >= 0.3 is 0 Å². The fourth-order valence-electron chi connectivity index (χ4n) is 4.87. The lowest BCUT2D eigenvalue weighted by atomic mass is 9.58. The van der Waals surface area contributed by atoms with E-state index in [-0.39, 0.29) is 11.4 Å². The lowest BCUT2D eigenvalue weighted by Crippen LogP contribution is -2.64. The quantitative estimate of drug-likeness (QED) is 0.815. The van der Waals surface area contributed by atoms with Crippen LogP contribution in [0.25, 0.3) is 6.08 Å². The van der Waals surface area contributed by atoms with Crippen LogP contribution in [-0.4, -0.2) is 47.6 Å². The van der Waals surface area contributed by atoms with E-state index in [2.05, 4.69) is 21.3 Å². The summed E-state index contributed by atoms with van der Waals surface area (Å²) in [4.78, 5) is 18.7. The molecule has 0 bridgehead atoms. The van der Waals surface area contributed by atoms with Crippen molar-refractivity contribution in [2.45, 2.75) is 52.0 Å². The van der Waals surface area contributed by atoms with Gasteiger partial charge in [0.25, 0.3) is 0 Å². The van der Waals surface area contributed by atoms with Gasteiger partial charge in [0, 0.05) is 35.4 Å². The van der Waals surface area contributed by atoms with Gasteiger partial charge in [-0.05, 0) is 75.5 Å². The molecule has 3 aliphatic rings. The van der Waals surface area contributed by atoms with Crippen LogP contribution < -0.4 is 10.1 Å². The summed E-state index contributed by atoms with van der Waals surface area (Å²) in [5, 5.41) is 3.91. The average Bonchev–Trinajstić information content (AvgIpc) is 2.53. The number of ether oxygens (including phenoxy) is 1. The van der Waals surface area contributed by atoms with Crippen molar-refractivity contribution < 1.29 is 9.53 Å². The maximum absolute atomic E-state index is 12.0. The molecule has 1 N–H and O–H groups in total. The highest BCUT2D eigenvalue weighted by Crippen LogP contribution is 2.51. The van der Waals surface area contributed by atoms with Crippen LogP contribution in [0, 0.1) is 11.3 Å². The Morgan fingerprint density at radius 1 is 1.36 bits per heavy atom. The number of rotatable bonds is 5. The van der Waals surface area contributed by atoms with E-state index in [1.54, 1.807) is 0 Å². The predicted octanol–water partition coefficient (Wildman–Crippen LogP) is 3.61. The van der Waals surface area contributed by atoms with Crippen LogP contribution in [0.5, 0.6) is 5.88 Å². The molecule has 1 saturated heterocycles. The molecule has 0 radical (unpaired) electrons. The molecule has 1 aromatic rings. The van der Waals surface area contributed by atoms with Gasteiger partial charge in [0.1, 0.15) is 0 Å². The molecule has 0 atom stereocenters. The summed E-state index contributed by atoms with van der Waals surface area (Å²) in [6.07, 6.45) is 8.03. The van der Waals surface area contributed by atoms with Gasteiger partial charge in [-0.1, -0.05) is 11.6 Å². The van der Waals surface area contributed by atoms with Crippen LogP contribution in [0.1, 0.15) is 51.2 Å². The van der Waals surface area contributed by atoms with Crippen molar-refractivity contribution in [3.05, 3.63) is 28.4 Å². The van der Waals surface area contributed by atoms with Crippen molar-refractivity contribution in [3.8, 4) is 5.88 Å². The van der Waals surface area contributed by atoms with Gasteiger partial charge in [-0.2, -0.15) is 0 Å². The summed E-state index contributed by atoms with van der Waals surface area (Å²) in [5.74, 6) is 1.41. The van der Waals surface area contributed by atoms with E-state index in [1.807, 2.05) is 33.0 Å². The molecule has 6 heteroatoms. The maximum Gasteiger partial charge on any atom is 0.234 e. The predicted molar refractivity (Wildman–Crippen MR) is 111 cm³/mol. The fourth-order valence-corrected chi connectivity index (χ4v) is 5.08. The number of allylic oxidation sites excluding steroid dienone is 1. The Morgan fingerprint density at radius 3 is 2.82 bits per heavy atom. The van der Waals surface area contributed by atoms with Crippen LogP contribution in [0.3, 0.4) is 0 Å². The minimum atomic E-state index is -0.164. The van der Waals surface area contributed by atoms with Crippen molar-refractivity contribution in [2.75, 3.05) is 26.2 Å². The SMILES string of the molecule is CC(C)(C)NC(=O)CN1CC2(CC(COc3nccc4c3C=C(Cl)CC4)C2)C1. The van der Waals surface area contributed by atoms with E-state index >= 15 is 0 Å². The van der Waals surface area contributed by atoms with Crippen molar-refractivity contribution in [2.24, 2.45) is 11.3 Å². The molecule has 2 aliphatic carbocycles. The van der Waals surface area contributed by atoms with Crippen LogP contribution in [0.15, 0.2) is 17.3 Å². The van der Waals surface area contributed by atoms with E-state index in [1.165, 1.54) is 18.4 Å². The molecule has 0 aromatic carbocycles. The molecular formula is C22H30ClN3O2. The standard InChI is InChI=1S/C22H30ClN3O2/c1-21(2,3)25-19(27)11-26-13-22(14-26)9-15(10-22)12-28-20-18-8-17(23)5-4-16(18)6-7-24-20/h6-8,15H,4-5,9-14H2,1-3H3,(H,25,27). The highest BCUT2D eigenvalue weighted by Gasteiger charge is 2.52. The molecule has 4 rings (SSSR count). The molecule has 2 heterocycles. The minimum absolute atomic E-state index is 0.119. The lowest BCUT2D eigenvalue weighted by Gasteiger charge is -2.59. The zero-order chi connectivity index (χ0) is 19.9. The van der Waals surface area contributed by atoms with Gasteiger partial charge in [0.2, 0.25) is 11.8 Å². The largest absolute Gasteiger partial charge is 0.477 e. The molecule has 1 saturated carbocycles. The number of nitrogens with zero attached hydrogens (tertiary/aromatic N) is 2. The number of halogens is 1. The fraction of sp³-hybridized carbons (Fsp3) is 0.636. The topological polar surface area (TPSA) is 54.5 Å². The van der Waals surface area contributed by atoms with E-state index in [9.17, 15) is 4.79 Å². The number of nitrogens with one attached hydrogen (secondary N) is 1. The summed E-state index contributed by atoms with van der Waals surface area (Å²) in [7, 11) is 0. The number of hydrogen-bond donors (Lipinski definition) is 1. The van der Waals surface area contributed by atoms with Gasteiger partial charge < -0.3 is 10.1 Å². The molecule has 5 nitrogen and oxygen atoms in total. The Labute approximate surface area is 172 Å². The number of hydrogen-bond acceptors (Lipinski definition) is 4. The van der Waals surface area contributed by atoms with Gasteiger partial charge in [-0.3, -0.25) is 9.69 Å². The second-order valence-corrected chi connectivity index (χ2v) is 10.3. The average molecular weight is 404 g/mol. The second-order valence-electron chi connectivity index (χ2n) is 9.81. The Balaban J connectivity index is 1.21. The van der Waals surface area contributed by atoms with Crippen LogP contribution in [-0.2, 0) is 11.2 Å². The van der Waals surface area contributed by atoms with Crippen molar-refractivity contribution >= 4 is 23.6 Å². The summed E-state index contributed by atoms with van der Waals surface area (Å²) in [5.41, 5.74) is 2.56. The third-order valence-electron chi connectivity index (χ3n) is 5.88. The summed E-state index contributed by atoms with van der Waals surface area (Å²) < 4.78 is 6.07. The molecule has 28 heavy (non-hydrogen) atoms. The molecule has 1 amide bonds. The van der Waals surface area contributed by atoms with E-state index in [0.717, 1.165) is 36.5 Å². The number of pyridine rings is 1. The first-order valence-electron chi connectivity index (χ1n) is 10.2. The van der Waals surface area contributed by atoms with Crippen molar-refractivity contribution in [1.82, 2.24) is 15.2 Å². The number of carbonyl (C=O) groups excluding carboxylic acids is 1. The lowest BCUT2D eigenvalue weighted by molar-refractivity contribution is -0.135. The van der Waals surface area contributed by atoms with Crippen molar-refractivity contribution in [1.29, 1.82) is 0 Å². The summed E-state index contributed by atoms with van der Waals surface area (Å²) in [6, 6.07) is 2.05. The number of amides is 1. The molecule has 1 aromatic heterocycles. The van der Waals surface area contributed by atoms with E-state index < -0.39 is 0 Å². The highest BCUT2D eigenvalue weighted by atomic mass is 35.5. The molecule has 152 valence electrons. The smallest absolute Gasteiger partial charge is 0.234 e. The molecular weight excluding hydrogens is 374 g/mol. The number of fused-ring (bicyclic) bond motifs is 1. The number of aromatic nitrogens is 1. The summed E-state index contributed by atoms with van der Waals surface area (Å²) >= 11 is 6.21. The van der Waals surface area contributed by atoms with Crippen LogP contribution >= 0.6 is 11.6 Å². The Hall–Kier alpha value is -1.59.